The number of para-hydroxylation sites is 2. The lowest BCUT2D eigenvalue weighted by molar-refractivity contribution is 0.953. The number of allylic oxidation sites excluding steroid dienone is 4. The Morgan fingerprint density at radius 3 is 1.36 bits per heavy atom. The van der Waals surface area contributed by atoms with Crippen molar-refractivity contribution in [3.63, 3.8) is 0 Å². The maximum absolute atomic E-state index is 5.53. The summed E-state index contributed by atoms with van der Waals surface area (Å²) >= 11 is 0. The van der Waals surface area contributed by atoms with Crippen LogP contribution < -0.4 is 0 Å². The fourth-order valence-electron chi connectivity index (χ4n) is 10.9. The van der Waals surface area contributed by atoms with Crippen molar-refractivity contribution in [2.24, 2.45) is 0 Å². The Bertz CT molecular complexity index is 4200. The lowest BCUT2D eigenvalue weighted by atomic mass is 9.90. The molecule has 3 heterocycles. The smallest absolute Gasteiger partial charge is 0.238 e. The highest BCUT2D eigenvalue weighted by Gasteiger charge is 2.25. The molecule has 0 radical (unpaired) electrons. The quantitative estimate of drug-likeness (QED) is 0.128. The van der Waals surface area contributed by atoms with Gasteiger partial charge >= 0.3 is 0 Å². The summed E-state index contributed by atoms with van der Waals surface area (Å²) in [4.78, 5) is 16.4. The molecule has 0 spiro atoms. The van der Waals surface area contributed by atoms with Gasteiger partial charge in [0.05, 0.1) is 22.1 Å². The predicted octanol–water partition coefficient (Wildman–Crippen LogP) is 18.0. The second-order valence-corrected chi connectivity index (χ2v) is 18.7. The van der Waals surface area contributed by atoms with Gasteiger partial charge in [-0.05, 0) is 94.3 Å². The van der Waals surface area contributed by atoms with Crippen LogP contribution in [-0.4, -0.2) is 24.1 Å². The summed E-state index contributed by atoms with van der Waals surface area (Å²) in [6, 6.07) is 88.4. The molecule has 13 rings (SSSR count). The summed E-state index contributed by atoms with van der Waals surface area (Å²) in [5.41, 5.74) is 18.4. The summed E-state index contributed by atoms with van der Waals surface area (Å²) < 4.78 is 4.77. The molecule has 0 amide bonds. The van der Waals surface area contributed by atoms with Crippen LogP contribution in [0.15, 0.2) is 261 Å². The number of hydrogen-bond acceptors (Lipinski definition) is 3. The van der Waals surface area contributed by atoms with Crippen LogP contribution in [0, 0.1) is 0 Å². The van der Waals surface area contributed by atoms with E-state index in [1.165, 1.54) is 5.56 Å². The van der Waals surface area contributed by atoms with Gasteiger partial charge in [-0.1, -0.05) is 231 Å². The molecule has 0 bridgehead atoms. The second kappa shape index (κ2) is 18.8. The molecule has 0 atom stereocenters. The Kier molecular flexibility index (Phi) is 11.2. The molecule has 0 aliphatic heterocycles. The summed E-state index contributed by atoms with van der Waals surface area (Å²) in [5.74, 6) is 1.71. The largest absolute Gasteiger partial charge is 0.311 e. The van der Waals surface area contributed by atoms with Gasteiger partial charge in [0.2, 0.25) is 5.95 Å². The molecule has 0 aliphatic rings. The molecule has 5 nitrogen and oxygen atoms in total. The first kappa shape index (κ1) is 44.2. The summed E-state index contributed by atoms with van der Waals surface area (Å²) in [6.07, 6.45) is 4.44. The monoisotopic (exact) mass is 947 g/mol. The van der Waals surface area contributed by atoms with Gasteiger partial charge in [0, 0.05) is 43.9 Å². The molecule has 3 aromatic heterocycles. The Morgan fingerprint density at radius 1 is 0.365 bits per heavy atom. The van der Waals surface area contributed by atoms with E-state index in [1.807, 2.05) is 12.1 Å². The maximum atomic E-state index is 5.53. The van der Waals surface area contributed by atoms with Gasteiger partial charge in [-0.15, -0.1) is 0 Å². The number of rotatable bonds is 10. The van der Waals surface area contributed by atoms with Crippen molar-refractivity contribution in [2.75, 3.05) is 0 Å². The zero-order valence-corrected chi connectivity index (χ0v) is 41.1. The Hall–Kier alpha value is -9.71. The molecule has 74 heavy (non-hydrogen) atoms. The van der Waals surface area contributed by atoms with E-state index in [0.717, 1.165) is 111 Å². The van der Waals surface area contributed by atoms with Crippen molar-refractivity contribution in [3.8, 4) is 73.2 Å². The van der Waals surface area contributed by atoms with Crippen molar-refractivity contribution < 1.29 is 0 Å². The number of benzene rings is 10. The highest BCUT2D eigenvalue weighted by atomic mass is 15.2. The Morgan fingerprint density at radius 2 is 0.811 bits per heavy atom. The average Bonchev–Trinajstić information content (AvgIpc) is 4.09. The first-order valence-electron chi connectivity index (χ1n) is 25.2. The molecule has 0 saturated carbocycles. The van der Waals surface area contributed by atoms with Crippen LogP contribution >= 0.6 is 0 Å². The van der Waals surface area contributed by atoms with E-state index in [2.05, 4.69) is 272 Å². The van der Waals surface area contributed by atoms with E-state index in [1.54, 1.807) is 0 Å². The third kappa shape index (κ3) is 7.79. The topological polar surface area (TPSA) is 48.5 Å². The molecule has 0 saturated heterocycles. The van der Waals surface area contributed by atoms with Gasteiger partial charge in [0.1, 0.15) is 0 Å². The van der Waals surface area contributed by atoms with Crippen molar-refractivity contribution in [2.45, 2.75) is 13.8 Å². The van der Waals surface area contributed by atoms with Gasteiger partial charge in [0.25, 0.3) is 0 Å². The minimum Gasteiger partial charge on any atom is -0.311 e. The third-order valence-corrected chi connectivity index (χ3v) is 14.3. The van der Waals surface area contributed by atoms with Crippen LogP contribution in [0.3, 0.4) is 0 Å². The highest BCUT2D eigenvalue weighted by molar-refractivity contribution is 6.24. The predicted molar refractivity (Wildman–Crippen MR) is 310 cm³/mol. The minimum atomic E-state index is 0.535. The molecule has 0 N–H and O–H groups in total. The molecule has 0 fully saturated rings. The van der Waals surface area contributed by atoms with Crippen molar-refractivity contribution in [1.82, 2.24) is 24.1 Å². The zero-order chi connectivity index (χ0) is 49.5. The van der Waals surface area contributed by atoms with Crippen molar-refractivity contribution >= 4 is 54.9 Å². The Labute approximate surface area is 430 Å². The normalized spacial score (nSPS) is 12.1. The van der Waals surface area contributed by atoms with Gasteiger partial charge in [-0.2, -0.15) is 9.97 Å². The average molecular weight is 948 g/mol. The third-order valence-electron chi connectivity index (χ3n) is 14.3. The van der Waals surface area contributed by atoms with Gasteiger partial charge < -0.3 is 4.57 Å². The molecular formula is C69H49N5. The Balaban J connectivity index is 1.13. The van der Waals surface area contributed by atoms with Crippen LogP contribution in [0.1, 0.15) is 19.4 Å². The number of hydrogen-bond donors (Lipinski definition) is 0. The van der Waals surface area contributed by atoms with Crippen LogP contribution in [0.4, 0.5) is 0 Å². The fraction of sp³-hybridized carbons (Fsp3) is 0.0290. The highest BCUT2D eigenvalue weighted by Crippen LogP contribution is 2.44. The van der Waals surface area contributed by atoms with Crippen LogP contribution in [0.2, 0.25) is 0 Å². The number of nitrogens with zero attached hydrogens (tertiary/aromatic N) is 5. The molecule has 13 aromatic rings. The second-order valence-electron chi connectivity index (χ2n) is 18.7. The molecule has 5 heteroatoms. The lowest BCUT2D eigenvalue weighted by Crippen LogP contribution is -2.07. The van der Waals surface area contributed by atoms with E-state index in [9.17, 15) is 0 Å². The number of aromatic nitrogens is 5. The molecule has 0 aliphatic carbocycles. The summed E-state index contributed by atoms with van der Waals surface area (Å²) in [7, 11) is 0. The van der Waals surface area contributed by atoms with E-state index >= 15 is 0 Å². The van der Waals surface area contributed by atoms with Gasteiger partial charge in [-0.25, -0.2) is 4.98 Å². The lowest BCUT2D eigenvalue weighted by Gasteiger charge is -2.19. The number of fused-ring (bicyclic) bond motifs is 7. The van der Waals surface area contributed by atoms with E-state index in [-0.39, 0.29) is 0 Å². The molecular weight excluding hydrogens is 899 g/mol. The first-order valence-corrected chi connectivity index (χ1v) is 25.2. The van der Waals surface area contributed by atoms with E-state index in [4.69, 9.17) is 15.0 Å². The van der Waals surface area contributed by atoms with Crippen LogP contribution in [0.5, 0.6) is 0 Å². The standard InChI is InChI=1S/C69H49N5/c1-3-22-56(62-45-53(49-27-12-6-13-28-49)39-40-57(62)50-29-14-7-15-30-50)46(2)73-63-37-18-16-35-58(63)60-41-42-61-59-36-17-19-38-64(59)74(66(61)65(60)73)69-71-67(54-33-20-31-51(43-54)47-23-8-4-9-24-47)70-68(72-69)55-34-21-32-52(44-55)48-25-10-5-11-26-48/h3-45H,1-2H3/b22-3-,56-46-. The van der Waals surface area contributed by atoms with E-state index in [0.29, 0.717) is 17.6 Å². The van der Waals surface area contributed by atoms with Crippen molar-refractivity contribution in [1.29, 1.82) is 0 Å². The van der Waals surface area contributed by atoms with E-state index < -0.39 is 0 Å². The van der Waals surface area contributed by atoms with Gasteiger partial charge in [-0.3, -0.25) is 4.57 Å². The summed E-state index contributed by atoms with van der Waals surface area (Å²) in [5, 5.41) is 4.51. The van der Waals surface area contributed by atoms with Crippen LogP contribution in [-0.2, 0) is 0 Å². The minimum absolute atomic E-state index is 0.535. The zero-order valence-electron chi connectivity index (χ0n) is 41.1. The van der Waals surface area contributed by atoms with Crippen LogP contribution in [0.25, 0.3) is 128 Å². The SMILES string of the molecule is C/C=C\C(=C(/C)n1c2ccccc2c2ccc3c4ccccc4n(-c4nc(-c5cccc(-c6ccccc6)c5)nc(-c5cccc(-c6ccccc6)c5)n4)c3c21)c1cc(-c2ccccc2)ccc1-c1ccccc1. The first-order chi connectivity index (χ1) is 36.6. The van der Waals surface area contributed by atoms with Crippen molar-refractivity contribution in [3.05, 3.63) is 266 Å². The fourth-order valence-corrected chi connectivity index (χ4v) is 10.9. The molecule has 0 unspecified atom stereocenters. The maximum Gasteiger partial charge on any atom is 0.238 e. The van der Waals surface area contributed by atoms with Gasteiger partial charge in [0.15, 0.2) is 11.6 Å². The summed E-state index contributed by atoms with van der Waals surface area (Å²) in [6.45, 7) is 4.38. The molecule has 10 aromatic carbocycles. The molecule has 350 valence electrons.